The maximum absolute atomic E-state index is 9.76. The average molecular weight is 247 g/mol. The number of nitrogens with zero attached hydrogens (tertiary/aromatic N) is 1. The number of hydrogen-bond donors (Lipinski definition) is 2. The minimum atomic E-state index is -0.493. The van der Waals surface area contributed by atoms with Crippen molar-refractivity contribution >= 4 is 0 Å². The first-order chi connectivity index (χ1) is 8.13. The van der Waals surface area contributed by atoms with Crippen LogP contribution in [0, 0.1) is 5.92 Å². The van der Waals surface area contributed by atoms with E-state index >= 15 is 0 Å². The Kier molecular flexibility index (Phi) is 6.99. The average Bonchev–Trinajstić information content (AvgIpc) is 2.30. The zero-order valence-corrected chi connectivity index (χ0v) is 10.8. The third-order valence-corrected chi connectivity index (χ3v) is 3.21. The minimum absolute atomic E-state index is 0.273. The van der Waals surface area contributed by atoms with Crippen LogP contribution < -0.4 is 0 Å². The summed E-state index contributed by atoms with van der Waals surface area (Å²) in [5.41, 5.74) is 0. The first-order valence-corrected chi connectivity index (χ1v) is 6.28. The Labute approximate surface area is 103 Å². The second-order valence-electron chi connectivity index (χ2n) is 4.81. The molecule has 0 bridgehead atoms. The van der Waals surface area contributed by atoms with Crippen molar-refractivity contribution in [3.8, 4) is 0 Å². The van der Waals surface area contributed by atoms with E-state index in [0.29, 0.717) is 38.8 Å². The van der Waals surface area contributed by atoms with Gasteiger partial charge in [0.1, 0.15) is 0 Å². The molecule has 0 aromatic heterocycles. The number of likely N-dealkylation sites (tertiary alicyclic amines) is 1. The summed E-state index contributed by atoms with van der Waals surface area (Å²) in [5.74, 6) is 0.362. The Balaban J connectivity index is 2.11. The summed E-state index contributed by atoms with van der Waals surface area (Å²) in [5, 5.41) is 19.5. The number of rotatable bonds is 7. The highest BCUT2D eigenvalue weighted by molar-refractivity contribution is 4.78. The van der Waals surface area contributed by atoms with E-state index in [1.807, 2.05) is 0 Å². The highest BCUT2D eigenvalue weighted by Gasteiger charge is 2.25. The van der Waals surface area contributed by atoms with E-state index in [1.54, 1.807) is 7.11 Å². The van der Waals surface area contributed by atoms with Gasteiger partial charge in [0, 0.05) is 20.2 Å². The SMILES string of the molecule is COCCOCC(O)CN1CCC(C)C(O)C1. The molecule has 1 heterocycles. The van der Waals surface area contributed by atoms with Crippen molar-refractivity contribution in [2.24, 2.45) is 5.92 Å². The van der Waals surface area contributed by atoms with Gasteiger partial charge >= 0.3 is 0 Å². The molecule has 1 aliphatic rings. The predicted molar refractivity (Wildman–Crippen MR) is 64.9 cm³/mol. The van der Waals surface area contributed by atoms with Gasteiger partial charge in [0.25, 0.3) is 0 Å². The Morgan fingerprint density at radius 3 is 2.82 bits per heavy atom. The Morgan fingerprint density at radius 1 is 1.41 bits per heavy atom. The van der Waals surface area contributed by atoms with Crippen LogP contribution >= 0.6 is 0 Å². The van der Waals surface area contributed by atoms with E-state index < -0.39 is 6.10 Å². The third kappa shape index (κ3) is 5.79. The summed E-state index contributed by atoms with van der Waals surface area (Å²) in [6, 6.07) is 0. The van der Waals surface area contributed by atoms with Crippen molar-refractivity contribution in [1.82, 2.24) is 4.90 Å². The highest BCUT2D eigenvalue weighted by atomic mass is 16.5. The number of aliphatic hydroxyl groups excluding tert-OH is 2. The summed E-state index contributed by atoms with van der Waals surface area (Å²) in [7, 11) is 1.62. The van der Waals surface area contributed by atoms with Gasteiger partial charge in [0.15, 0.2) is 0 Å². The normalized spacial score (nSPS) is 28.2. The molecule has 17 heavy (non-hydrogen) atoms. The second-order valence-corrected chi connectivity index (χ2v) is 4.81. The fraction of sp³-hybridized carbons (Fsp3) is 1.00. The molecular weight excluding hydrogens is 222 g/mol. The van der Waals surface area contributed by atoms with Gasteiger partial charge in [-0.2, -0.15) is 0 Å². The Morgan fingerprint density at radius 2 is 2.18 bits per heavy atom. The van der Waals surface area contributed by atoms with Crippen LogP contribution in [-0.4, -0.2) is 73.9 Å². The van der Waals surface area contributed by atoms with Crippen molar-refractivity contribution < 1.29 is 19.7 Å². The number of piperidine rings is 1. The monoisotopic (exact) mass is 247 g/mol. The zero-order chi connectivity index (χ0) is 12.7. The molecule has 1 saturated heterocycles. The van der Waals surface area contributed by atoms with E-state index in [-0.39, 0.29) is 6.10 Å². The van der Waals surface area contributed by atoms with Gasteiger partial charge in [-0.1, -0.05) is 6.92 Å². The predicted octanol–water partition coefficient (Wildman–Crippen LogP) is -0.287. The summed E-state index contributed by atoms with van der Waals surface area (Å²) >= 11 is 0. The quantitative estimate of drug-likeness (QED) is 0.606. The molecule has 3 atom stereocenters. The number of hydrogen-bond acceptors (Lipinski definition) is 5. The largest absolute Gasteiger partial charge is 0.392 e. The van der Waals surface area contributed by atoms with E-state index in [0.717, 1.165) is 13.0 Å². The maximum atomic E-state index is 9.76. The van der Waals surface area contributed by atoms with Crippen molar-refractivity contribution in [3.63, 3.8) is 0 Å². The lowest BCUT2D eigenvalue weighted by Crippen LogP contribution is -2.46. The summed E-state index contributed by atoms with van der Waals surface area (Å²) in [6.07, 6.45) is 0.219. The molecule has 0 aromatic carbocycles. The second kappa shape index (κ2) is 8.00. The van der Waals surface area contributed by atoms with E-state index in [2.05, 4.69) is 11.8 Å². The van der Waals surface area contributed by atoms with Crippen molar-refractivity contribution in [2.45, 2.75) is 25.6 Å². The van der Waals surface area contributed by atoms with Crippen molar-refractivity contribution in [1.29, 1.82) is 0 Å². The van der Waals surface area contributed by atoms with E-state index in [1.165, 1.54) is 0 Å². The zero-order valence-electron chi connectivity index (χ0n) is 10.8. The molecular formula is C12H25NO4. The first kappa shape index (κ1) is 14.9. The molecule has 1 rings (SSSR count). The van der Waals surface area contributed by atoms with Crippen LogP contribution in [0.15, 0.2) is 0 Å². The maximum Gasteiger partial charge on any atom is 0.0900 e. The molecule has 3 unspecified atom stereocenters. The minimum Gasteiger partial charge on any atom is -0.392 e. The first-order valence-electron chi connectivity index (χ1n) is 6.28. The standard InChI is InChI=1S/C12H25NO4/c1-10-3-4-13(8-12(10)15)7-11(14)9-17-6-5-16-2/h10-12,14-15H,3-9H2,1-2H3. The lowest BCUT2D eigenvalue weighted by molar-refractivity contribution is -0.0237. The van der Waals surface area contributed by atoms with Gasteiger partial charge in [-0.3, -0.25) is 4.90 Å². The number of aliphatic hydroxyl groups is 2. The van der Waals surface area contributed by atoms with Gasteiger partial charge in [0.05, 0.1) is 32.0 Å². The smallest absolute Gasteiger partial charge is 0.0900 e. The van der Waals surface area contributed by atoms with E-state index in [4.69, 9.17) is 9.47 Å². The van der Waals surface area contributed by atoms with Gasteiger partial charge in [-0.15, -0.1) is 0 Å². The van der Waals surface area contributed by atoms with Gasteiger partial charge < -0.3 is 19.7 Å². The van der Waals surface area contributed by atoms with Crippen LogP contribution in [0.1, 0.15) is 13.3 Å². The van der Waals surface area contributed by atoms with Crippen LogP contribution in [0.3, 0.4) is 0 Å². The molecule has 0 radical (unpaired) electrons. The van der Waals surface area contributed by atoms with Crippen LogP contribution in [0.5, 0.6) is 0 Å². The molecule has 0 spiro atoms. The molecule has 0 saturated carbocycles. The summed E-state index contributed by atoms with van der Waals surface area (Å²) in [6.45, 7) is 5.60. The summed E-state index contributed by atoms with van der Waals surface area (Å²) in [4.78, 5) is 2.09. The number of methoxy groups -OCH3 is 1. The van der Waals surface area contributed by atoms with Gasteiger partial charge in [-0.05, 0) is 18.9 Å². The van der Waals surface area contributed by atoms with Crippen LogP contribution in [0.2, 0.25) is 0 Å². The molecule has 0 aliphatic carbocycles. The van der Waals surface area contributed by atoms with Gasteiger partial charge in [-0.25, -0.2) is 0 Å². The molecule has 102 valence electrons. The van der Waals surface area contributed by atoms with Gasteiger partial charge in [0.2, 0.25) is 0 Å². The van der Waals surface area contributed by atoms with Crippen molar-refractivity contribution in [3.05, 3.63) is 0 Å². The molecule has 1 fully saturated rings. The third-order valence-electron chi connectivity index (χ3n) is 3.21. The van der Waals surface area contributed by atoms with Crippen LogP contribution in [0.4, 0.5) is 0 Å². The Bertz CT molecular complexity index is 203. The lowest BCUT2D eigenvalue weighted by atomic mass is 9.96. The number of β-amino-alcohol motifs (C(OH)–C–C–N with tert-alkyl or cyclic N) is 2. The van der Waals surface area contributed by atoms with Crippen molar-refractivity contribution in [2.75, 3.05) is 46.6 Å². The lowest BCUT2D eigenvalue weighted by Gasteiger charge is -2.35. The number of ether oxygens (including phenoxy) is 2. The van der Waals surface area contributed by atoms with E-state index in [9.17, 15) is 10.2 Å². The van der Waals surface area contributed by atoms with Crippen LogP contribution in [-0.2, 0) is 9.47 Å². The molecule has 0 amide bonds. The fourth-order valence-electron chi connectivity index (χ4n) is 1.99. The molecule has 5 heteroatoms. The van der Waals surface area contributed by atoms with Crippen LogP contribution in [0.25, 0.3) is 0 Å². The topological polar surface area (TPSA) is 62.2 Å². The Hall–Kier alpha value is -0.200. The fourth-order valence-corrected chi connectivity index (χ4v) is 1.99. The summed E-state index contributed by atoms with van der Waals surface area (Å²) < 4.78 is 10.1. The molecule has 1 aliphatic heterocycles. The molecule has 5 nitrogen and oxygen atoms in total. The highest BCUT2D eigenvalue weighted by Crippen LogP contribution is 2.16. The molecule has 2 N–H and O–H groups in total. The molecule has 0 aromatic rings.